The van der Waals surface area contributed by atoms with Gasteiger partial charge in [-0.1, -0.05) is 11.8 Å². The van der Waals surface area contributed by atoms with Crippen LogP contribution in [0, 0.1) is 11.8 Å². The lowest BCUT2D eigenvalue weighted by atomic mass is 10.1. The first-order valence-corrected chi connectivity index (χ1v) is 5.04. The van der Waals surface area contributed by atoms with Gasteiger partial charge in [-0.3, -0.25) is 9.59 Å². The molecule has 1 rings (SSSR count). The summed E-state index contributed by atoms with van der Waals surface area (Å²) >= 11 is 0. The molecule has 0 radical (unpaired) electrons. The zero-order valence-electron chi connectivity index (χ0n) is 10.0. The molecule has 94 valence electrons. The van der Waals surface area contributed by atoms with E-state index < -0.39 is 5.97 Å². The molecule has 0 aliphatic rings. The number of aldehydes is 1. The van der Waals surface area contributed by atoms with Gasteiger partial charge in [0.15, 0.2) is 17.8 Å². The lowest BCUT2D eigenvalue weighted by Gasteiger charge is -2.06. The van der Waals surface area contributed by atoms with Crippen molar-refractivity contribution < 1.29 is 24.2 Å². The summed E-state index contributed by atoms with van der Waals surface area (Å²) in [6, 6.07) is 2.94. The summed E-state index contributed by atoms with van der Waals surface area (Å²) in [7, 11) is 2.64. The van der Waals surface area contributed by atoms with Gasteiger partial charge in [-0.15, -0.1) is 0 Å². The Kier molecular flexibility index (Phi) is 4.76. The van der Waals surface area contributed by atoms with Gasteiger partial charge < -0.3 is 14.6 Å². The summed E-state index contributed by atoms with van der Waals surface area (Å²) < 4.78 is 9.33. The average Bonchev–Trinajstić information content (AvgIpc) is 2.40. The van der Waals surface area contributed by atoms with Gasteiger partial charge in [0.1, 0.15) is 6.42 Å². The first-order chi connectivity index (χ1) is 8.63. The fourth-order valence-corrected chi connectivity index (χ4v) is 1.26. The Bertz CT molecular complexity index is 522. The van der Waals surface area contributed by atoms with E-state index in [0.29, 0.717) is 6.29 Å². The molecule has 0 spiro atoms. The molecule has 0 saturated carbocycles. The van der Waals surface area contributed by atoms with Crippen molar-refractivity contribution in [3.8, 4) is 23.3 Å². The van der Waals surface area contributed by atoms with Crippen molar-refractivity contribution in [3.05, 3.63) is 23.3 Å². The van der Waals surface area contributed by atoms with Gasteiger partial charge in [0.2, 0.25) is 0 Å². The Balaban J connectivity index is 3.12. The Morgan fingerprint density at radius 3 is 2.72 bits per heavy atom. The van der Waals surface area contributed by atoms with E-state index in [1.54, 1.807) is 0 Å². The molecule has 0 heterocycles. The monoisotopic (exact) mass is 248 g/mol. The van der Waals surface area contributed by atoms with Gasteiger partial charge in [-0.05, 0) is 12.1 Å². The van der Waals surface area contributed by atoms with Crippen molar-refractivity contribution in [2.24, 2.45) is 0 Å². The highest BCUT2D eigenvalue weighted by Gasteiger charge is 2.10. The number of hydrogen-bond donors (Lipinski definition) is 1. The quantitative estimate of drug-likeness (QED) is 0.493. The molecule has 0 atom stereocenters. The van der Waals surface area contributed by atoms with Crippen LogP contribution in [0.3, 0.4) is 0 Å². The first-order valence-electron chi connectivity index (χ1n) is 5.04. The van der Waals surface area contributed by atoms with Crippen LogP contribution < -0.4 is 4.74 Å². The minimum absolute atomic E-state index is 0.120. The van der Waals surface area contributed by atoms with Crippen LogP contribution in [0.1, 0.15) is 22.3 Å². The SMILES string of the molecule is COC(=O)CC#Cc1c(C=O)ccc(OC)c1O. The molecular formula is C13H12O5. The van der Waals surface area contributed by atoms with Gasteiger partial charge in [0.25, 0.3) is 0 Å². The standard InChI is InChI=1S/C13H12O5/c1-17-11-7-6-9(8-14)10(13(11)16)4-3-5-12(15)18-2/h6-8,16H,5H2,1-2H3. The van der Waals surface area contributed by atoms with Gasteiger partial charge in [0.05, 0.1) is 19.8 Å². The number of ether oxygens (including phenoxy) is 2. The number of methoxy groups -OCH3 is 2. The van der Waals surface area contributed by atoms with Crippen LogP contribution in [0.2, 0.25) is 0 Å². The van der Waals surface area contributed by atoms with Crippen LogP contribution >= 0.6 is 0 Å². The molecule has 5 nitrogen and oxygen atoms in total. The molecule has 0 saturated heterocycles. The Labute approximate surface area is 104 Å². The summed E-state index contributed by atoms with van der Waals surface area (Å²) in [6.45, 7) is 0. The fourth-order valence-electron chi connectivity index (χ4n) is 1.26. The van der Waals surface area contributed by atoms with Crippen molar-refractivity contribution in [1.29, 1.82) is 0 Å². The zero-order valence-corrected chi connectivity index (χ0v) is 10.0. The maximum absolute atomic E-state index is 10.9. The maximum atomic E-state index is 10.9. The molecule has 5 heteroatoms. The van der Waals surface area contributed by atoms with Gasteiger partial charge in [-0.2, -0.15) is 0 Å². The molecule has 0 bridgehead atoms. The lowest BCUT2D eigenvalue weighted by Crippen LogP contribution is -1.97. The van der Waals surface area contributed by atoms with Crippen molar-refractivity contribution in [1.82, 2.24) is 0 Å². The topological polar surface area (TPSA) is 72.8 Å². The van der Waals surface area contributed by atoms with Crippen LogP contribution in [-0.4, -0.2) is 31.6 Å². The number of hydrogen-bond acceptors (Lipinski definition) is 5. The summed E-state index contributed by atoms with van der Waals surface area (Å²) in [5.74, 6) is 4.58. The number of phenolic OH excluding ortho intramolecular Hbond substituents is 1. The summed E-state index contributed by atoms with van der Waals surface area (Å²) in [4.78, 5) is 21.7. The highest BCUT2D eigenvalue weighted by molar-refractivity contribution is 5.82. The van der Waals surface area contributed by atoms with E-state index in [2.05, 4.69) is 16.6 Å². The van der Waals surface area contributed by atoms with E-state index in [1.807, 2.05) is 0 Å². The molecule has 0 fully saturated rings. The van der Waals surface area contributed by atoms with Crippen LogP contribution in [-0.2, 0) is 9.53 Å². The van der Waals surface area contributed by atoms with E-state index >= 15 is 0 Å². The third-order valence-corrected chi connectivity index (χ3v) is 2.19. The average molecular weight is 248 g/mol. The van der Waals surface area contributed by atoms with E-state index in [0.717, 1.165) is 0 Å². The molecule has 1 aromatic carbocycles. The number of aromatic hydroxyl groups is 1. The smallest absolute Gasteiger partial charge is 0.317 e. The molecule has 1 aromatic rings. The predicted octanol–water partition coefficient (Wildman–Crippen LogP) is 1.13. The van der Waals surface area contributed by atoms with Crippen molar-refractivity contribution in [3.63, 3.8) is 0 Å². The van der Waals surface area contributed by atoms with Gasteiger partial charge in [0, 0.05) is 5.56 Å². The Morgan fingerprint density at radius 2 is 2.17 bits per heavy atom. The van der Waals surface area contributed by atoms with Crippen LogP contribution in [0.25, 0.3) is 0 Å². The third-order valence-electron chi connectivity index (χ3n) is 2.19. The molecule has 0 aliphatic heterocycles. The van der Waals surface area contributed by atoms with E-state index in [-0.39, 0.29) is 29.0 Å². The maximum Gasteiger partial charge on any atom is 0.317 e. The number of carbonyl (C=O) groups excluding carboxylic acids is 2. The normalized spacial score (nSPS) is 9.00. The largest absolute Gasteiger partial charge is 0.503 e. The Morgan fingerprint density at radius 1 is 1.44 bits per heavy atom. The van der Waals surface area contributed by atoms with Crippen LogP contribution in [0.15, 0.2) is 12.1 Å². The number of carbonyl (C=O) groups is 2. The van der Waals surface area contributed by atoms with Crippen LogP contribution in [0.5, 0.6) is 11.5 Å². The van der Waals surface area contributed by atoms with Crippen molar-refractivity contribution in [2.45, 2.75) is 6.42 Å². The Hall–Kier alpha value is -2.48. The summed E-state index contributed by atoms with van der Waals surface area (Å²) in [5, 5.41) is 9.82. The van der Waals surface area contributed by atoms with E-state index in [9.17, 15) is 14.7 Å². The molecule has 0 unspecified atom stereocenters. The molecule has 1 N–H and O–H groups in total. The predicted molar refractivity (Wildman–Crippen MR) is 63.6 cm³/mol. The summed E-state index contributed by atoms with van der Waals surface area (Å²) in [5.41, 5.74) is 0.360. The van der Waals surface area contributed by atoms with E-state index in [4.69, 9.17) is 4.74 Å². The third kappa shape index (κ3) is 3.01. The number of benzene rings is 1. The lowest BCUT2D eigenvalue weighted by molar-refractivity contribution is -0.139. The second-order valence-corrected chi connectivity index (χ2v) is 3.25. The molecule has 0 aliphatic carbocycles. The minimum Gasteiger partial charge on any atom is -0.503 e. The molecular weight excluding hydrogens is 236 g/mol. The van der Waals surface area contributed by atoms with Crippen LogP contribution in [0.4, 0.5) is 0 Å². The molecule has 18 heavy (non-hydrogen) atoms. The zero-order chi connectivity index (χ0) is 13.5. The highest BCUT2D eigenvalue weighted by atomic mass is 16.5. The fraction of sp³-hybridized carbons (Fsp3) is 0.231. The van der Waals surface area contributed by atoms with Crippen molar-refractivity contribution >= 4 is 12.3 Å². The number of phenols is 1. The number of rotatable bonds is 3. The minimum atomic E-state index is -0.488. The summed E-state index contributed by atoms with van der Waals surface area (Å²) in [6.07, 6.45) is 0.451. The first kappa shape index (κ1) is 13.6. The molecule has 0 aromatic heterocycles. The second kappa shape index (κ2) is 6.30. The van der Waals surface area contributed by atoms with Crippen molar-refractivity contribution in [2.75, 3.05) is 14.2 Å². The van der Waals surface area contributed by atoms with Gasteiger partial charge >= 0.3 is 5.97 Å². The second-order valence-electron chi connectivity index (χ2n) is 3.25. The highest BCUT2D eigenvalue weighted by Crippen LogP contribution is 2.30. The van der Waals surface area contributed by atoms with E-state index in [1.165, 1.54) is 26.4 Å². The number of esters is 1. The molecule has 0 amide bonds. The van der Waals surface area contributed by atoms with Gasteiger partial charge in [-0.25, -0.2) is 0 Å².